The summed E-state index contributed by atoms with van der Waals surface area (Å²) in [4.78, 5) is 42.8. The lowest BCUT2D eigenvalue weighted by Crippen LogP contribution is -2.52. The summed E-state index contributed by atoms with van der Waals surface area (Å²) < 4.78 is 66.3. The van der Waals surface area contributed by atoms with Gasteiger partial charge >= 0.3 is 0 Å². The maximum atomic E-state index is 14.8. The Labute approximate surface area is 490 Å². The van der Waals surface area contributed by atoms with Crippen molar-refractivity contribution in [2.75, 3.05) is 170 Å². The number of nitrogens with two attached hydrogens (primary N) is 1. The molecule has 4 saturated heterocycles. The highest BCUT2D eigenvalue weighted by atomic mass is 31.2. The molecule has 2 aromatic heterocycles. The molecule has 26 heteroatoms. The van der Waals surface area contributed by atoms with E-state index >= 15 is 0 Å². The number of ether oxygens (including phenoxy) is 2. The van der Waals surface area contributed by atoms with Crippen LogP contribution in [-0.4, -0.2) is 190 Å². The summed E-state index contributed by atoms with van der Waals surface area (Å²) >= 11 is 0. The number of nitrogens with zero attached hydrogens (tertiary/aromatic N) is 11. The number of likely N-dealkylation sites (N-methyl/N-ethyl adjacent to an activating group) is 2. The number of piperidine rings is 2. The minimum Gasteiger partial charge on any atom is -0.494 e. The van der Waals surface area contributed by atoms with Gasteiger partial charge in [0.1, 0.15) is 31.5 Å². The van der Waals surface area contributed by atoms with Gasteiger partial charge in [-0.1, -0.05) is 24.3 Å². The molecule has 0 amide bonds. The molecule has 450 valence electrons. The van der Waals surface area contributed by atoms with Crippen LogP contribution in [0.15, 0.2) is 85.2 Å². The van der Waals surface area contributed by atoms with Crippen molar-refractivity contribution in [1.82, 2.24) is 39.5 Å². The number of benzene rings is 4. The number of nitro benzene ring substituents is 1. The Bertz CT molecular complexity index is 3380. The number of hydrogen-bond acceptors (Lipinski definition) is 21. The number of aromatic nitrogens is 4. The Balaban J connectivity index is 0.000000202. The quantitative estimate of drug-likeness (QED) is 0.0248. The molecule has 4 aliphatic rings. The maximum absolute atomic E-state index is 14.8. The molecule has 6 heterocycles. The lowest BCUT2D eigenvalue weighted by Gasteiger charge is -2.42. The van der Waals surface area contributed by atoms with E-state index in [1.165, 1.54) is 13.2 Å². The first-order valence-electron chi connectivity index (χ1n) is 28.3. The lowest BCUT2D eigenvalue weighted by atomic mass is 10.0. The Morgan fingerprint density at radius 3 is 1.37 bits per heavy atom. The first kappa shape index (κ1) is 61.4. The predicted octanol–water partition coefficient (Wildman–Crippen LogP) is 8.64. The van der Waals surface area contributed by atoms with Gasteiger partial charge in [0, 0.05) is 119 Å². The second-order valence-corrected chi connectivity index (χ2v) is 28.9. The average molecular weight is 1200 g/mol. The van der Waals surface area contributed by atoms with Crippen LogP contribution < -0.4 is 56.9 Å². The highest BCUT2D eigenvalue weighted by molar-refractivity contribution is 7.70. The second kappa shape index (κ2) is 26.8. The monoisotopic (exact) mass is 1190 g/mol. The van der Waals surface area contributed by atoms with Gasteiger partial charge in [-0.25, -0.2) is 18.7 Å². The fourth-order valence-corrected chi connectivity index (χ4v) is 13.6. The third-order valence-corrected chi connectivity index (χ3v) is 19.1. The normalized spacial score (nSPS) is 17.3. The number of piperazine rings is 2. The van der Waals surface area contributed by atoms with Crippen LogP contribution in [0.25, 0.3) is 0 Å². The first-order chi connectivity index (χ1) is 40.1. The van der Waals surface area contributed by atoms with E-state index in [0.717, 1.165) is 109 Å². The molecule has 10 rings (SSSR count). The summed E-state index contributed by atoms with van der Waals surface area (Å²) in [7, 11) is 2.14. The van der Waals surface area contributed by atoms with Gasteiger partial charge in [0.15, 0.2) is 23.3 Å². The Morgan fingerprint density at radius 2 is 0.964 bits per heavy atom. The van der Waals surface area contributed by atoms with Crippen LogP contribution in [0.4, 0.5) is 77.8 Å². The van der Waals surface area contributed by atoms with E-state index in [9.17, 15) is 28.0 Å². The smallest absolute Gasteiger partial charge is 0.294 e. The van der Waals surface area contributed by atoms with Crippen LogP contribution in [0.2, 0.25) is 0 Å². The van der Waals surface area contributed by atoms with Crippen LogP contribution in [0.3, 0.4) is 0 Å². The largest absolute Gasteiger partial charge is 0.494 e. The maximum Gasteiger partial charge on any atom is 0.294 e. The first-order valence-corrected chi connectivity index (χ1v) is 33.5. The molecule has 0 saturated carbocycles. The number of nitrogen functional groups attached to an aromatic ring is 1. The summed E-state index contributed by atoms with van der Waals surface area (Å²) in [5.41, 5.74) is 10.4. The highest BCUT2D eigenvalue weighted by Gasteiger charge is 2.32. The zero-order valence-electron chi connectivity index (χ0n) is 49.1. The number of hydrogen-bond donors (Lipinski definition) is 5. The Morgan fingerprint density at radius 1 is 0.571 bits per heavy atom. The summed E-state index contributed by atoms with van der Waals surface area (Å²) in [5.74, 6) is -0.382. The van der Waals surface area contributed by atoms with Gasteiger partial charge < -0.3 is 65.2 Å². The highest BCUT2D eigenvalue weighted by Crippen LogP contribution is 2.43. The van der Waals surface area contributed by atoms with Crippen molar-refractivity contribution >= 4 is 93.9 Å². The molecule has 0 unspecified atom stereocenters. The van der Waals surface area contributed by atoms with Crippen molar-refractivity contribution in [3.8, 4) is 11.5 Å². The third-order valence-electron chi connectivity index (χ3n) is 16.0. The molecule has 0 spiro atoms. The zero-order valence-corrected chi connectivity index (χ0v) is 50.9. The molecule has 84 heavy (non-hydrogen) atoms. The van der Waals surface area contributed by atoms with Crippen molar-refractivity contribution in [3.05, 3.63) is 107 Å². The fraction of sp³-hybridized carbons (Fsp3) is 0.448. The van der Waals surface area contributed by atoms with E-state index < -0.39 is 30.8 Å². The topological polar surface area (TPSA) is 241 Å². The number of halogens is 2. The van der Waals surface area contributed by atoms with Gasteiger partial charge in [-0.2, -0.15) is 9.97 Å². The molecule has 4 aliphatic heterocycles. The number of rotatable bonds is 17. The minimum atomic E-state index is -2.66. The second-order valence-electron chi connectivity index (χ2n) is 22.5. The summed E-state index contributed by atoms with van der Waals surface area (Å²) in [6.07, 6.45) is 6.14. The fourth-order valence-electron chi connectivity index (χ4n) is 11.3. The van der Waals surface area contributed by atoms with Crippen LogP contribution >= 0.6 is 14.3 Å². The average Bonchev–Trinajstić information content (AvgIpc) is 3.02. The molecule has 4 fully saturated rings. The summed E-state index contributed by atoms with van der Waals surface area (Å²) in [6, 6.07) is 21.9. The van der Waals surface area contributed by atoms with Gasteiger partial charge in [-0.05, 0) is 96.8 Å². The lowest BCUT2D eigenvalue weighted by molar-refractivity contribution is -0.384. The molecule has 0 radical (unpaired) electrons. The van der Waals surface area contributed by atoms with Crippen LogP contribution in [-0.2, 0) is 9.13 Å². The Hall–Kier alpha value is -7.20. The van der Waals surface area contributed by atoms with Crippen molar-refractivity contribution in [2.45, 2.75) is 37.8 Å². The number of nitrogens with one attached hydrogen (secondary N) is 4. The van der Waals surface area contributed by atoms with Crippen molar-refractivity contribution in [1.29, 1.82) is 0 Å². The van der Waals surface area contributed by atoms with Gasteiger partial charge in [-0.15, -0.1) is 0 Å². The molecule has 0 bridgehead atoms. The zero-order chi connectivity index (χ0) is 59.9. The predicted molar refractivity (Wildman–Crippen MR) is 334 cm³/mol. The summed E-state index contributed by atoms with van der Waals surface area (Å²) in [5, 5.41) is 25.4. The molecular formula is C58H78F2N16O6P2. The van der Waals surface area contributed by atoms with E-state index in [1.54, 1.807) is 94.4 Å². The number of anilines is 11. The number of para-hydroxylation sites is 2. The third kappa shape index (κ3) is 15.0. The van der Waals surface area contributed by atoms with E-state index in [1.807, 2.05) is 11.0 Å². The standard InChI is InChI=1S/C29H38FN8O4P.C29H40FN8O2P/c1-35-13-15-36(16-14-35)20-9-11-37(12-10-20)24-18-26(42-2)23(17-25(24)38(39)40)33-29-31-19-21(30)28(34-29)32-22-7-5-6-8-27(22)43(3,4)41;1-36-13-15-37(16-14-36)20-9-11-38(12-10-20)25-18-26(40-2)24(17-22(25)31)34-29-32-19-21(30)28(35-29)33-23-7-5-6-8-27(23)41(3,4)39/h5-8,17-20H,9-16H2,1-4H3,(H2,31,32,33,34);5-8,17-20H,9-16,31H2,1-4H3,(H2,32,33,34,35). The van der Waals surface area contributed by atoms with Gasteiger partial charge in [0.05, 0.1) is 65.7 Å². The van der Waals surface area contributed by atoms with Crippen LogP contribution in [0.1, 0.15) is 25.7 Å². The SMILES string of the molecule is COc1cc(N2CCC(N3CCN(C)CC3)CC2)c(N)cc1Nc1ncc(F)c(Nc2ccccc2P(C)(C)=O)n1.COc1cc(N2CCC(N3CCN(C)CC3)CC2)c([N+](=O)[O-])cc1Nc1ncc(F)c(Nc2ccccc2P(C)(C)=O)n1. The molecule has 22 nitrogen and oxygen atoms in total. The summed E-state index contributed by atoms with van der Waals surface area (Å²) in [6.45, 7) is 18.6. The van der Waals surface area contributed by atoms with Crippen LogP contribution in [0, 0.1) is 21.7 Å². The molecule has 4 aromatic carbocycles. The molecular weight excluding hydrogens is 1120 g/mol. The minimum absolute atomic E-state index is 0.00546. The molecule has 6 N–H and O–H groups in total. The number of nitro groups is 1. The van der Waals surface area contributed by atoms with Crippen molar-refractivity contribution < 1.29 is 32.3 Å². The van der Waals surface area contributed by atoms with E-state index in [4.69, 9.17) is 15.2 Å². The molecule has 6 aromatic rings. The van der Waals surface area contributed by atoms with E-state index in [2.05, 4.69) is 79.8 Å². The van der Waals surface area contributed by atoms with E-state index in [0.29, 0.717) is 75.7 Å². The molecule has 0 aliphatic carbocycles. The molecule has 0 atom stereocenters. The van der Waals surface area contributed by atoms with Gasteiger partial charge in [0.2, 0.25) is 11.9 Å². The van der Waals surface area contributed by atoms with Crippen molar-refractivity contribution in [3.63, 3.8) is 0 Å². The van der Waals surface area contributed by atoms with Crippen molar-refractivity contribution in [2.24, 2.45) is 0 Å². The number of methoxy groups -OCH3 is 2. The van der Waals surface area contributed by atoms with E-state index in [-0.39, 0.29) is 34.9 Å². The van der Waals surface area contributed by atoms with Gasteiger partial charge in [-0.3, -0.25) is 19.9 Å². The van der Waals surface area contributed by atoms with Crippen LogP contribution in [0.5, 0.6) is 11.5 Å². The van der Waals surface area contributed by atoms with Gasteiger partial charge in [0.25, 0.3) is 5.69 Å². The Kier molecular flexibility index (Phi) is 19.6.